The quantitative estimate of drug-likeness (QED) is 0.334. The van der Waals surface area contributed by atoms with Crippen molar-refractivity contribution in [3.63, 3.8) is 0 Å². The summed E-state index contributed by atoms with van der Waals surface area (Å²) in [6.45, 7) is 3.03. The second kappa shape index (κ2) is 9.26. The summed E-state index contributed by atoms with van der Waals surface area (Å²) in [7, 11) is 1.69. The second-order valence-electron chi connectivity index (χ2n) is 9.12. The normalized spacial score (nSPS) is 37.2. The van der Waals surface area contributed by atoms with Gasteiger partial charge in [-0.3, -0.25) is 30.4 Å². The number of likely N-dealkylation sites (tertiary alicyclic amines) is 1. The molecule has 164 valence electrons. The van der Waals surface area contributed by atoms with E-state index in [4.69, 9.17) is 0 Å². The van der Waals surface area contributed by atoms with Crippen molar-refractivity contribution in [3.8, 4) is 0 Å². The Bertz CT molecular complexity index is 585. The minimum Gasteiger partial charge on any atom is -0.481 e. The zero-order valence-corrected chi connectivity index (χ0v) is 17.3. The first-order valence-corrected chi connectivity index (χ1v) is 11.2. The molecule has 4 fully saturated rings. The maximum Gasteiger partial charge on any atom is 0.306 e. The van der Waals surface area contributed by atoms with E-state index in [9.17, 15) is 14.7 Å². The molecule has 0 radical (unpaired) electrons. The fourth-order valence-electron chi connectivity index (χ4n) is 5.11. The van der Waals surface area contributed by atoms with Gasteiger partial charge in [-0.15, -0.1) is 0 Å². The molecule has 4 aliphatic rings. The lowest BCUT2D eigenvalue weighted by atomic mass is 9.95. The van der Waals surface area contributed by atoms with Crippen LogP contribution in [-0.2, 0) is 9.59 Å². The van der Waals surface area contributed by atoms with Gasteiger partial charge in [0, 0.05) is 45.3 Å². The molecule has 29 heavy (non-hydrogen) atoms. The highest BCUT2D eigenvalue weighted by molar-refractivity contribution is 5.79. The Morgan fingerprint density at radius 2 is 1.76 bits per heavy atom. The summed E-state index contributed by atoms with van der Waals surface area (Å²) in [4.78, 5) is 25.9. The molecule has 3 heterocycles. The summed E-state index contributed by atoms with van der Waals surface area (Å²) < 4.78 is 0. The van der Waals surface area contributed by atoms with E-state index in [1.54, 1.807) is 7.05 Å². The molecule has 0 bridgehead atoms. The monoisotopic (exact) mass is 408 g/mol. The fraction of sp³-hybridized carbons (Fsp3) is 0.900. The maximum absolute atomic E-state index is 12.4. The number of piperidine rings is 2. The molecule has 1 aliphatic carbocycles. The Labute approximate surface area is 172 Å². The predicted octanol–water partition coefficient (Wildman–Crippen LogP) is -0.932. The molecule has 0 aromatic carbocycles. The summed E-state index contributed by atoms with van der Waals surface area (Å²) in [5.41, 5.74) is 0. The number of carbonyl (C=O) groups excluding carboxylic acids is 1. The molecule has 0 spiro atoms. The number of aliphatic carboxylic acids is 1. The van der Waals surface area contributed by atoms with Crippen LogP contribution in [-0.4, -0.2) is 79.6 Å². The van der Waals surface area contributed by atoms with Gasteiger partial charge in [-0.25, -0.2) is 0 Å². The van der Waals surface area contributed by atoms with Crippen molar-refractivity contribution in [3.05, 3.63) is 0 Å². The molecule has 9 heteroatoms. The number of carboxylic acids is 1. The summed E-state index contributed by atoms with van der Waals surface area (Å²) in [6.07, 6.45) is 6.25. The number of amides is 1. The van der Waals surface area contributed by atoms with Crippen LogP contribution in [0.3, 0.4) is 0 Å². The molecule has 1 saturated carbocycles. The number of hydrogen-bond donors (Lipinski definition) is 6. The average Bonchev–Trinajstić information content (AvgIpc) is 3.59. The summed E-state index contributed by atoms with van der Waals surface area (Å²) in [6, 6.07) is 1.03. The Kier molecular flexibility index (Phi) is 6.70. The molecular weight excluding hydrogens is 372 g/mol. The van der Waals surface area contributed by atoms with E-state index in [0.29, 0.717) is 31.5 Å². The van der Waals surface area contributed by atoms with Crippen LogP contribution in [0.1, 0.15) is 38.5 Å². The third kappa shape index (κ3) is 5.08. The molecule has 3 saturated heterocycles. The number of hydrogen-bond acceptors (Lipinski definition) is 7. The number of rotatable bonds is 6. The molecule has 5 atom stereocenters. The van der Waals surface area contributed by atoms with E-state index in [0.717, 1.165) is 32.0 Å². The van der Waals surface area contributed by atoms with Gasteiger partial charge in [0.2, 0.25) is 5.91 Å². The Hall–Kier alpha value is -1.26. The lowest BCUT2D eigenvalue weighted by Gasteiger charge is -2.46. The van der Waals surface area contributed by atoms with Crippen LogP contribution >= 0.6 is 0 Å². The van der Waals surface area contributed by atoms with Crippen molar-refractivity contribution in [2.45, 2.75) is 63.1 Å². The highest BCUT2D eigenvalue weighted by atomic mass is 16.4. The number of carboxylic acid groups (broad SMARTS) is 1. The number of nitrogens with one attached hydrogen (secondary N) is 5. The maximum atomic E-state index is 12.4. The molecule has 9 nitrogen and oxygen atoms in total. The zero-order chi connectivity index (χ0) is 20.4. The van der Waals surface area contributed by atoms with Crippen LogP contribution in [0.4, 0.5) is 0 Å². The Morgan fingerprint density at radius 3 is 2.34 bits per heavy atom. The largest absolute Gasteiger partial charge is 0.481 e. The van der Waals surface area contributed by atoms with Gasteiger partial charge in [-0.05, 0) is 44.4 Å². The van der Waals surface area contributed by atoms with Crippen LogP contribution in [0.25, 0.3) is 0 Å². The zero-order valence-electron chi connectivity index (χ0n) is 17.3. The lowest BCUT2D eigenvalue weighted by molar-refractivity contribution is -0.144. The van der Waals surface area contributed by atoms with Crippen molar-refractivity contribution >= 4 is 11.9 Å². The average molecular weight is 409 g/mol. The molecule has 1 amide bonds. The van der Waals surface area contributed by atoms with Crippen LogP contribution in [0.5, 0.6) is 0 Å². The minimum atomic E-state index is -0.692. The van der Waals surface area contributed by atoms with E-state index in [2.05, 4.69) is 31.5 Å². The van der Waals surface area contributed by atoms with Crippen molar-refractivity contribution in [1.29, 1.82) is 0 Å². The highest BCUT2D eigenvalue weighted by Gasteiger charge is 2.40. The van der Waals surface area contributed by atoms with Gasteiger partial charge in [0.05, 0.1) is 18.0 Å². The Morgan fingerprint density at radius 1 is 1.00 bits per heavy atom. The van der Waals surface area contributed by atoms with Gasteiger partial charge in [0.25, 0.3) is 0 Å². The molecule has 5 unspecified atom stereocenters. The second-order valence-corrected chi connectivity index (χ2v) is 9.12. The SMILES string of the molecule is CNC(=O)C1CNC(N2CCC(C(=O)O)CC2)NC1NC1CCC(C2CC2)NC1. The molecule has 0 aromatic rings. The van der Waals surface area contributed by atoms with Gasteiger partial charge in [-0.2, -0.15) is 0 Å². The number of nitrogens with zero attached hydrogens (tertiary/aromatic N) is 1. The predicted molar refractivity (Wildman–Crippen MR) is 109 cm³/mol. The molecular formula is C20H36N6O3. The van der Waals surface area contributed by atoms with Crippen molar-refractivity contribution in [2.75, 3.05) is 33.2 Å². The highest BCUT2D eigenvalue weighted by Crippen LogP contribution is 2.35. The van der Waals surface area contributed by atoms with Gasteiger partial charge in [0.15, 0.2) is 0 Å². The van der Waals surface area contributed by atoms with E-state index in [1.807, 2.05) is 0 Å². The first-order chi connectivity index (χ1) is 14.0. The van der Waals surface area contributed by atoms with Gasteiger partial charge in [0.1, 0.15) is 6.29 Å². The summed E-state index contributed by atoms with van der Waals surface area (Å²) in [5.74, 6) is -0.207. The van der Waals surface area contributed by atoms with E-state index >= 15 is 0 Å². The van der Waals surface area contributed by atoms with E-state index in [-0.39, 0.29) is 30.2 Å². The van der Waals surface area contributed by atoms with Crippen LogP contribution in [0.15, 0.2) is 0 Å². The van der Waals surface area contributed by atoms with E-state index < -0.39 is 5.97 Å². The first-order valence-electron chi connectivity index (χ1n) is 11.2. The molecule has 0 aromatic heterocycles. The smallest absolute Gasteiger partial charge is 0.306 e. The Balaban J connectivity index is 1.33. The van der Waals surface area contributed by atoms with Crippen molar-refractivity contribution in [1.82, 2.24) is 31.5 Å². The topological polar surface area (TPSA) is 118 Å². The molecule has 3 aliphatic heterocycles. The van der Waals surface area contributed by atoms with Crippen molar-refractivity contribution in [2.24, 2.45) is 17.8 Å². The van der Waals surface area contributed by atoms with Gasteiger partial charge < -0.3 is 15.7 Å². The van der Waals surface area contributed by atoms with Gasteiger partial charge in [-0.1, -0.05) is 0 Å². The van der Waals surface area contributed by atoms with E-state index in [1.165, 1.54) is 19.3 Å². The summed E-state index contributed by atoms with van der Waals surface area (Å²) in [5, 5.41) is 26.5. The van der Waals surface area contributed by atoms with Gasteiger partial charge >= 0.3 is 5.97 Å². The molecule has 4 rings (SSSR count). The third-order valence-corrected chi connectivity index (χ3v) is 7.16. The van der Waals surface area contributed by atoms with Crippen LogP contribution < -0.4 is 26.6 Å². The lowest BCUT2D eigenvalue weighted by Crippen LogP contribution is -2.72. The fourth-order valence-corrected chi connectivity index (χ4v) is 5.11. The molecule has 6 N–H and O–H groups in total. The number of carbonyl (C=O) groups is 2. The third-order valence-electron chi connectivity index (χ3n) is 7.16. The van der Waals surface area contributed by atoms with Crippen LogP contribution in [0.2, 0.25) is 0 Å². The summed E-state index contributed by atoms with van der Waals surface area (Å²) >= 11 is 0. The minimum absolute atomic E-state index is 0.0326. The standard InChI is InChI=1S/C20H36N6O3/c1-21-18(27)15-11-23-20(26-8-6-13(7-9-26)19(28)29)25-17(15)24-14-4-5-16(22-10-14)12-2-3-12/h12-17,20,22-25H,2-11H2,1H3,(H,21,27)(H,28,29). The van der Waals surface area contributed by atoms with Crippen LogP contribution in [0, 0.1) is 17.8 Å². The first kappa shape index (κ1) is 21.0. The van der Waals surface area contributed by atoms with Crippen molar-refractivity contribution < 1.29 is 14.7 Å².